The Bertz CT molecular complexity index is 559. The van der Waals surface area contributed by atoms with Gasteiger partial charge < -0.3 is 5.11 Å². The average Bonchev–Trinajstić information content (AvgIpc) is 2.37. The molecule has 0 bridgehead atoms. The van der Waals surface area contributed by atoms with E-state index in [9.17, 15) is 13.5 Å². The first kappa shape index (κ1) is 17.8. The first-order chi connectivity index (χ1) is 9.19. The fourth-order valence-electron chi connectivity index (χ4n) is 1.62. The van der Waals surface area contributed by atoms with Crippen LogP contribution in [0.5, 0.6) is 0 Å². The van der Waals surface area contributed by atoms with Gasteiger partial charge in [0.05, 0.1) is 10.5 Å². The number of halogens is 1. The number of nitrogens with one attached hydrogen (secondary N) is 1. The van der Waals surface area contributed by atoms with Gasteiger partial charge in [0, 0.05) is 11.6 Å². The molecule has 4 nitrogen and oxygen atoms in total. The lowest BCUT2D eigenvalue weighted by atomic mass is 10.1. The molecule has 0 heterocycles. The van der Waals surface area contributed by atoms with Crippen LogP contribution in [0.4, 0.5) is 0 Å². The highest BCUT2D eigenvalue weighted by Crippen LogP contribution is 2.23. The van der Waals surface area contributed by atoms with E-state index < -0.39 is 15.6 Å². The van der Waals surface area contributed by atoms with Gasteiger partial charge in [0.25, 0.3) is 0 Å². The largest absolute Gasteiger partial charge is 0.389 e. The van der Waals surface area contributed by atoms with Gasteiger partial charge in [0.15, 0.2) is 0 Å². The molecule has 0 saturated carbocycles. The summed E-state index contributed by atoms with van der Waals surface area (Å²) in [7, 11) is -3.67. The lowest BCUT2D eigenvalue weighted by Crippen LogP contribution is -2.41. The number of rotatable bonds is 7. The molecule has 0 amide bonds. The van der Waals surface area contributed by atoms with Gasteiger partial charge in [-0.1, -0.05) is 17.7 Å². The Morgan fingerprint density at radius 3 is 2.70 bits per heavy atom. The zero-order valence-electron chi connectivity index (χ0n) is 11.8. The first-order valence-corrected chi connectivity index (χ1v) is 9.41. The molecule has 0 fully saturated rings. The summed E-state index contributed by atoms with van der Waals surface area (Å²) in [5, 5.41) is 10.5. The third kappa shape index (κ3) is 4.93. The van der Waals surface area contributed by atoms with Gasteiger partial charge in [-0.25, -0.2) is 13.1 Å². The Kier molecular flexibility index (Phi) is 6.34. The van der Waals surface area contributed by atoms with Crippen LogP contribution < -0.4 is 4.72 Å². The third-order valence-electron chi connectivity index (χ3n) is 3.00. The molecule has 0 aliphatic heterocycles. The molecule has 7 heteroatoms. The van der Waals surface area contributed by atoms with Gasteiger partial charge in [-0.05, 0) is 50.0 Å². The summed E-state index contributed by atoms with van der Waals surface area (Å²) in [5.41, 5.74) is -0.562. The molecule has 1 aromatic carbocycles. The van der Waals surface area contributed by atoms with E-state index in [1.165, 1.54) is 6.07 Å². The number of thioether (sulfide) groups is 1. The predicted molar refractivity (Wildman–Crippen MR) is 85.0 cm³/mol. The van der Waals surface area contributed by atoms with E-state index in [2.05, 4.69) is 4.72 Å². The quantitative estimate of drug-likeness (QED) is 0.802. The maximum atomic E-state index is 12.2. The van der Waals surface area contributed by atoms with Crippen molar-refractivity contribution in [3.05, 3.63) is 28.8 Å². The number of benzene rings is 1. The van der Waals surface area contributed by atoms with Crippen molar-refractivity contribution in [1.82, 2.24) is 4.72 Å². The van der Waals surface area contributed by atoms with Gasteiger partial charge in [-0.15, -0.1) is 0 Å². The SMILES string of the molecule is CSCC[C@@](C)(O)CNS(=O)(=O)c1cccc(Cl)c1C. The summed E-state index contributed by atoms with van der Waals surface area (Å²) in [6.45, 7) is 3.25. The summed E-state index contributed by atoms with van der Waals surface area (Å²) in [6, 6.07) is 4.74. The molecule has 0 aromatic heterocycles. The Morgan fingerprint density at radius 2 is 2.10 bits per heavy atom. The molecule has 0 saturated heterocycles. The summed E-state index contributed by atoms with van der Waals surface area (Å²) in [6.07, 6.45) is 2.46. The highest BCUT2D eigenvalue weighted by molar-refractivity contribution is 7.98. The number of hydrogen-bond acceptors (Lipinski definition) is 4. The van der Waals surface area contributed by atoms with E-state index in [1.54, 1.807) is 37.7 Å². The maximum Gasteiger partial charge on any atom is 0.240 e. The van der Waals surface area contributed by atoms with Crippen LogP contribution in [0.15, 0.2) is 23.1 Å². The van der Waals surface area contributed by atoms with E-state index in [0.717, 1.165) is 5.75 Å². The zero-order chi connectivity index (χ0) is 15.4. The molecule has 1 atom stereocenters. The van der Waals surface area contributed by atoms with Gasteiger partial charge in [-0.3, -0.25) is 0 Å². The third-order valence-corrected chi connectivity index (χ3v) is 5.56. The zero-order valence-corrected chi connectivity index (χ0v) is 14.2. The van der Waals surface area contributed by atoms with E-state index in [0.29, 0.717) is 17.0 Å². The van der Waals surface area contributed by atoms with E-state index >= 15 is 0 Å². The Labute approximate surface area is 130 Å². The minimum absolute atomic E-state index is 0.0259. The maximum absolute atomic E-state index is 12.2. The summed E-state index contributed by atoms with van der Waals surface area (Å²) >= 11 is 7.54. The normalized spacial score (nSPS) is 15.1. The Morgan fingerprint density at radius 1 is 1.45 bits per heavy atom. The molecule has 114 valence electrons. The molecule has 0 aliphatic rings. The second kappa shape index (κ2) is 7.13. The van der Waals surface area contributed by atoms with Crippen molar-refractivity contribution in [2.24, 2.45) is 0 Å². The predicted octanol–water partition coefficient (Wildman–Crippen LogP) is 2.43. The first-order valence-electron chi connectivity index (χ1n) is 6.16. The fourth-order valence-corrected chi connectivity index (χ4v) is 3.92. The van der Waals surface area contributed by atoms with Crippen LogP contribution in [0.2, 0.25) is 5.02 Å². The molecule has 1 aromatic rings. The van der Waals surface area contributed by atoms with Crippen molar-refractivity contribution in [2.45, 2.75) is 30.8 Å². The molecule has 20 heavy (non-hydrogen) atoms. The molecular weight excluding hydrogens is 318 g/mol. The lowest BCUT2D eigenvalue weighted by molar-refractivity contribution is 0.0626. The van der Waals surface area contributed by atoms with E-state index in [4.69, 9.17) is 11.6 Å². The summed E-state index contributed by atoms with van der Waals surface area (Å²) in [4.78, 5) is 0.144. The van der Waals surface area contributed by atoms with Crippen molar-refractivity contribution in [2.75, 3.05) is 18.6 Å². The van der Waals surface area contributed by atoms with Crippen molar-refractivity contribution >= 4 is 33.4 Å². The van der Waals surface area contributed by atoms with Crippen molar-refractivity contribution in [3.8, 4) is 0 Å². The highest BCUT2D eigenvalue weighted by atomic mass is 35.5. The minimum atomic E-state index is -3.67. The van der Waals surface area contributed by atoms with E-state index in [-0.39, 0.29) is 11.4 Å². The Hall–Kier alpha value is -0.270. The van der Waals surface area contributed by atoms with Gasteiger partial charge in [-0.2, -0.15) is 11.8 Å². The monoisotopic (exact) mass is 337 g/mol. The lowest BCUT2D eigenvalue weighted by Gasteiger charge is -2.23. The van der Waals surface area contributed by atoms with Crippen molar-refractivity contribution < 1.29 is 13.5 Å². The van der Waals surface area contributed by atoms with Crippen molar-refractivity contribution in [1.29, 1.82) is 0 Å². The summed E-state index contributed by atoms with van der Waals surface area (Å²) in [5.74, 6) is 0.769. The van der Waals surface area contributed by atoms with Crippen LogP contribution in [0, 0.1) is 6.92 Å². The average molecular weight is 338 g/mol. The van der Waals surface area contributed by atoms with Gasteiger partial charge in [0.1, 0.15) is 0 Å². The van der Waals surface area contributed by atoms with Crippen LogP contribution >= 0.6 is 23.4 Å². The second-order valence-electron chi connectivity index (χ2n) is 4.93. The molecule has 0 radical (unpaired) electrons. The summed E-state index contributed by atoms with van der Waals surface area (Å²) < 4.78 is 26.9. The van der Waals surface area contributed by atoms with Crippen LogP contribution in [0.25, 0.3) is 0 Å². The van der Waals surface area contributed by atoms with E-state index in [1.807, 2.05) is 6.26 Å². The van der Waals surface area contributed by atoms with Crippen LogP contribution in [0.1, 0.15) is 18.9 Å². The molecule has 1 rings (SSSR count). The van der Waals surface area contributed by atoms with Crippen LogP contribution in [-0.4, -0.2) is 37.7 Å². The minimum Gasteiger partial charge on any atom is -0.389 e. The molecule has 2 N–H and O–H groups in total. The van der Waals surface area contributed by atoms with Gasteiger partial charge >= 0.3 is 0 Å². The smallest absolute Gasteiger partial charge is 0.240 e. The van der Waals surface area contributed by atoms with Gasteiger partial charge in [0.2, 0.25) is 10.0 Å². The molecular formula is C13H20ClNO3S2. The van der Waals surface area contributed by atoms with Crippen LogP contribution in [-0.2, 0) is 10.0 Å². The Balaban J connectivity index is 2.83. The number of sulfonamides is 1. The van der Waals surface area contributed by atoms with Crippen LogP contribution in [0.3, 0.4) is 0 Å². The molecule has 0 unspecified atom stereocenters. The molecule has 0 spiro atoms. The topological polar surface area (TPSA) is 66.4 Å². The number of hydrogen-bond donors (Lipinski definition) is 2. The highest BCUT2D eigenvalue weighted by Gasteiger charge is 2.25. The standard InChI is InChI=1S/C13H20ClNO3S2/c1-10-11(14)5-4-6-12(10)20(17,18)15-9-13(2,16)7-8-19-3/h4-6,15-16H,7-9H2,1-3H3/t13-/m1/s1. The number of aliphatic hydroxyl groups is 1. The second-order valence-corrected chi connectivity index (χ2v) is 8.06. The molecule has 0 aliphatic carbocycles. The van der Waals surface area contributed by atoms with Crippen molar-refractivity contribution in [3.63, 3.8) is 0 Å². The fraction of sp³-hybridized carbons (Fsp3) is 0.538.